The summed E-state index contributed by atoms with van der Waals surface area (Å²) in [6.45, 7) is 9.40. The zero-order chi connectivity index (χ0) is 15.0. The second-order valence-corrected chi connectivity index (χ2v) is 6.51. The van der Waals surface area contributed by atoms with Crippen LogP contribution >= 0.6 is 0 Å². The van der Waals surface area contributed by atoms with Crippen LogP contribution < -0.4 is 0 Å². The normalized spacial score (nSPS) is 19.2. The molecule has 0 aliphatic heterocycles. The van der Waals surface area contributed by atoms with E-state index >= 15 is 0 Å². The average Bonchev–Trinajstić information content (AvgIpc) is 2.70. The van der Waals surface area contributed by atoms with Crippen molar-refractivity contribution in [3.8, 4) is 0 Å². The molecule has 3 nitrogen and oxygen atoms in total. The second-order valence-electron chi connectivity index (χ2n) is 6.51. The Bertz CT molecular complexity index is 279. The maximum atomic E-state index is 11.9. The van der Waals surface area contributed by atoms with Gasteiger partial charge in [0.1, 0.15) is 0 Å². The van der Waals surface area contributed by atoms with E-state index in [9.17, 15) is 9.90 Å². The zero-order valence-corrected chi connectivity index (χ0v) is 13.7. The van der Waals surface area contributed by atoms with Crippen molar-refractivity contribution in [3.63, 3.8) is 0 Å². The van der Waals surface area contributed by atoms with Gasteiger partial charge in [-0.15, -0.1) is 0 Å². The number of hydrogen-bond donors (Lipinski definition) is 1. The summed E-state index contributed by atoms with van der Waals surface area (Å²) in [5.41, 5.74) is -0.488. The van der Waals surface area contributed by atoms with Crippen LogP contribution in [0.1, 0.15) is 72.1 Å². The number of rotatable bonds is 8. The highest BCUT2D eigenvalue weighted by molar-refractivity contribution is 5.75. The molecule has 1 saturated carbocycles. The van der Waals surface area contributed by atoms with Crippen molar-refractivity contribution in [1.82, 2.24) is 4.90 Å². The highest BCUT2D eigenvalue weighted by Gasteiger charge is 2.40. The van der Waals surface area contributed by atoms with E-state index in [4.69, 9.17) is 0 Å². The predicted molar refractivity (Wildman–Crippen MR) is 84.0 cm³/mol. The third kappa shape index (κ3) is 4.76. The minimum Gasteiger partial charge on any atom is -0.481 e. The number of carboxylic acids is 1. The van der Waals surface area contributed by atoms with Crippen LogP contribution in [0, 0.1) is 11.3 Å². The van der Waals surface area contributed by atoms with Crippen molar-refractivity contribution < 1.29 is 9.90 Å². The van der Waals surface area contributed by atoms with Crippen LogP contribution in [0.25, 0.3) is 0 Å². The Morgan fingerprint density at radius 3 is 2.05 bits per heavy atom. The van der Waals surface area contributed by atoms with Gasteiger partial charge in [0.05, 0.1) is 5.41 Å². The molecule has 20 heavy (non-hydrogen) atoms. The summed E-state index contributed by atoms with van der Waals surface area (Å²) >= 11 is 0. The molecule has 0 bridgehead atoms. The van der Waals surface area contributed by atoms with Crippen LogP contribution in [0.4, 0.5) is 0 Å². The molecule has 0 aromatic rings. The Morgan fingerprint density at radius 1 is 1.10 bits per heavy atom. The minimum absolute atomic E-state index is 0.488. The van der Waals surface area contributed by atoms with Crippen molar-refractivity contribution in [3.05, 3.63) is 0 Å². The first-order valence-electron chi connectivity index (χ1n) is 8.53. The monoisotopic (exact) mass is 283 g/mol. The SMILES string of the molecule is CCC(CC)CN(CC)CC1(C(=O)O)CCCCCC1. The fourth-order valence-electron chi connectivity index (χ4n) is 3.49. The molecule has 1 aliphatic rings. The van der Waals surface area contributed by atoms with Gasteiger partial charge in [0.25, 0.3) is 0 Å². The summed E-state index contributed by atoms with van der Waals surface area (Å²) < 4.78 is 0. The molecule has 0 unspecified atom stereocenters. The van der Waals surface area contributed by atoms with E-state index in [2.05, 4.69) is 25.7 Å². The number of aliphatic carboxylic acids is 1. The fraction of sp³-hybridized carbons (Fsp3) is 0.941. The molecule has 0 radical (unpaired) electrons. The molecule has 3 heteroatoms. The van der Waals surface area contributed by atoms with E-state index in [0.717, 1.165) is 45.3 Å². The highest BCUT2D eigenvalue weighted by atomic mass is 16.4. The molecule has 0 aromatic heterocycles. The average molecular weight is 283 g/mol. The van der Waals surface area contributed by atoms with Crippen molar-refractivity contribution in [2.45, 2.75) is 72.1 Å². The first-order valence-corrected chi connectivity index (χ1v) is 8.53. The van der Waals surface area contributed by atoms with Crippen LogP contribution in [-0.2, 0) is 4.79 Å². The molecular formula is C17H33NO2. The Balaban J connectivity index is 2.73. The highest BCUT2D eigenvalue weighted by Crippen LogP contribution is 2.36. The van der Waals surface area contributed by atoms with E-state index < -0.39 is 11.4 Å². The lowest BCUT2D eigenvalue weighted by Crippen LogP contribution is -2.44. The Labute approximate surface area is 124 Å². The molecule has 1 N–H and O–H groups in total. The van der Waals surface area contributed by atoms with E-state index in [-0.39, 0.29) is 0 Å². The van der Waals surface area contributed by atoms with Crippen molar-refractivity contribution in [2.75, 3.05) is 19.6 Å². The largest absolute Gasteiger partial charge is 0.481 e. The van der Waals surface area contributed by atoms with Gasteiger partial charge in [0, 0.05) is 13.1 Å². The molecule has 118 valence electrons. The van der Waals surface area contributed by atoms with Gasteiger partial charge in [-0.2, -0.15) is 0 Å². The number of hydrogen-bond acceptors (Lipinski definition) is 2. The quantitative estimate of drug-likeness (QED) is 0.680. The summed E-state index contributed by atoms with van der Waals surface area (Å²) in [5.74, 6) is 0.133. The van der Waals surface area contributed by atoms with Crippen molar-refractivity contribution >= 4 is 5.97 Å². The van der Waals surface area contributed by atoms with E-state index in [0.29, 0.717) is 5.92 Å². The van der Waals surface area contributed by atoms with Crippen molar-refractivity contribution in [2.24, 2.45) is 11.3 Å². The van der Waals surface area contributed by atoms with Gasteiger partial charge in [-0.1, -0.05) is 59.3 Å². The molecule has 0 aromatic carbocycles. The molecule has 0 amide bonds. The fourth-order valence-corrected chi connectivity index (χ4v) is 3.49. The van der Waals surface area contributed by atoms with Crippen LogP contribution in [0.15, 0.2) is 0 Å². The smallest absolute Gasteiger partial charge is 0.310 e. The molecular weight excluding hydrogens is 250 g/mol. The maximum Gasteiger partial charge on any atom is 0.310 e. The molecule has 1 rings (SSSR count). The number of nitrogens with zero attached hydrogens (tertiary/aromatic N) is 1. The van der Waals surface area contributed by atoms with Crippen LogP contribution in [-0.4, -0.2) is 35.6 Å². The minimum atomic E-state index is -0.567. The van der Waals surface area contributed by atoms with Crippen LogP contribution in [0.2, 0.25) is 0 Å². The first-order chi connectivity index (χ1) is 9.57. The zero-order valence-electron chi connectivity index (χ0n) is 13.7. The van der Waals surface area contributed by atoms with Crippen molar-refractivity contribution in [1.29, 1.82) is 0 Å². The molecule has 0 heterocycles. The number of carboxylic acid groups (broad SMARTS) is 1. The third-order valence-corrected chi connectivity index (χ3v) is 5.16. The Kier molecular flexibility index (Phi) is 7.57. The molecule has 1 fully saturated rings. The van der Waals surface area contributed by atoms with Crippen LogP contribution in [0.5, 0.6) is 0 Å². The standard InChI is InChI=1S/C17H33NO2/c1-4-15(5-2)13-18(6-3)14-17(16(19)20)11-9-7-8-10-12-17/h15H,4-14H2,1-3H3,(H,19,20). The van der Waals surface area contributed by atoms with Gasteiger partial charge >= 0.3 is 5.97 Å². The van der Waals surface area contributed by atoms with Crippen LogP contribution in [0.3, 0.4) is 0 Å². The first kappa shape index (κ1) is 17.5. The molecule has 0 atom stereocenters. The second kappa shape index (κ2) is 8.66. The third-order valence-electron chi connectivity index (χ3n) is 5.16. The molecule has 0 spiro atoms. The summed E-state index contributed by atoms with van der Waals surface area (Å²) in [6, 6.07) is 0. The van der Waals surface area contributed by atoms with E-state index in [1.54, 1.807) is 0 Å². The summed E-state index contributed by atoms with van der Waals surface area (Å²) in [5, 5.41) is 9.78. The van der Waals surface area contributed by atoms with E-state index in [1.165, 1.54) is 25.7 Å². The predicted octanol–water partition coefficient (Wildman–Crippen LogP) is 4.17. The van der Waals surface area contributed by atoms with Gasteiger partial charge in [0.15, 0.2) is 0 Å². The van der Waals surface area contributed by atoms with Gasteiger partial charge in [-0.05, 0) is 25.3 Å². The van der Waals surface area contributed by atoms with Gasteiger partial charge in [-0.25, -0.2) is 0 Å². The number of carbonyl (C=O) groups is 1. The van der Waals surface area contributed by atoms with E-state index in [1.807, 2.05) is 0 Å². The lowest BCUT2D eigenvalue weighted by Gasteiger charge is -2.35. The van der Waals surface area contributed by atoms with Gasteiger partial charge in [-0.3, -0.25) is 4.79 Å². The topological polar surface area (TPSA) is 40.5 Å². The van der Waals surface area contributed by atoms with Gasteiger partial charge in [0.2, 0.25) is 0 Å². The molecule has 0 saturated heterocycles. The summed E-state index contributed by atoms with van der Waals surface area (Å²) in [6.07, 6.45) is 8.66. The Hall–Kier alpha value is -0.570. The lowest BCUT2D eigenvalue weighted by atomic mass is 9.79. The summed E-state index contributed by atoms with van der Waals surface area (Å²) in [7, 11) is 0. The summed E-state index contributed by atoms with van der Waals surface area (Å²) in [4.78, 5) is 14.3. The maximum absolute atomic E-state index is 11.9. The molecule has 1 aliphatic carbocycles. The lowest BCUT2D eigenvalue weighted by molar-refractivity contribution is -0.151. The van der Waals surface area contributed by atoms with Gasteiger partial charge < -0.3 is 10.0 Å². The Morgan fingerprint density at radius 2 is 1.65 bits per heavy atom.